The van der Waals surface area contributed by atoms with E-state index in [1.54, 1.807) is 0 Å². The van der Waals surface area contributed by atoms with Crippen LogP contribution in [0.4, 0.5) is 0 Å². The molecule has 0 aliphatic heterocycles. The quantitative estimate of drug-likeness (QED) is 0.0572. The molecule has 0 amide bonds. The van der Waals surface area contributed by atoms with Gasteiger partial charge in [-0.15, -0.1) is 0 Å². The standard InChI is InChI=1S/C63H72O6S/c1-39-15-51(16-40(2)47(39)9)13-14-52-23-56(25-59(24-52)65-33-53-17-41(3)48(10)42(4)18-53)36-68-60-26-57(32-64-38-70)27-61(30-60)69-37-58-28-62(66-34-54-19-43(5)49(11)44(6)20-54)31-63(29-58)67-35-55-21-45(7)50(12)46(8)22-55/h15-31,70H,13-14,32-38H2,1-12H3. The van der Waals surface area contributed by atoms with Crippen molar-refractivity contribution < 1.29 is 28.4 Å². The van der Waals surface area contributed by atoms with Crippen molar-refractivity contribution in [3.63, 3.8) is 0 Å². The molecule has 0 aliphatic carbocycles. The molecule has 7 aromatic rings. The first kappa shape index (κ1) is 51.7. The van der Waals surface area contributed by atoms with Gasteiger partial charge in [-0.25, -0.2) is 0 Å². The van der Waals surface area contributed by atoms with Gasteiger partial charge in [0, 0.05) is 12.1 Å². The first-order valence-electron chi connectivity index (χ1n) is 24.5. The van der Waals surface area contributed by atoms with Crippen LogP contribution < -0.4 is 23.7 Å². The highest BCUT2D eigenvalue weighted by Gasteiger charge is 2.13. The Hall–Kier alpha value is -6.15. The summed E-state index contributed by atoms with van der Waals surface area (Å²) in [6, 6.07) is 36.4. The lowest BCUT2D eigenvalue weighted by Gasteiger charge is -2.16. The molecule has 0 aliphatic rings. The first-order valence-corrected chi connectivity index (χ1v) is 25.1. The number of aryl methyl sites for hydroxylation is 10. The SMILES string of the molecule is Cc1cc(CCc2cc(COc3cc(COCS)cc(OCc4cc(OCc5cc(C)c(C)c(C)c5)cc(OCc5cc(C)c(C)c(C)c5)c4)c3)cc(OCc3cc(C)c(C)c(C)c3)c2)cc(C)c1C. The van der Waals surface area contributed by atoms with Crippen LogP contribution in [-0.4, -0.2) is 5.94 Å². The summed E-state index contributed by atoms with van der Waals surface area (Å²) in [4.78, 5) is 0. The lowest BCUT2D eigenvalue weighted by molar-refractivity contribution is 0.169. The molecule has 366 valence electrons. The highest BCUT2D eigenvalue weighted by Crippen LogP contribution is 2.31. The molecule has 0 heterocycles. The van der Waals surface area contributed by atoms with Gasteiger partial charge >= 0.3 is 0 Å². The molecule has 0 unspecified atom stereocenters. The molecule has 70 heavy (non-hydrogen) atoms. The third kappa shape index (κ3) is 14.0. The van der Waals surface area contributed by atoms with E-state index in [4.69, 9.17) is 28.4 Å². The van der Waals surface area contributed by atoms with Gasteiger partial charge in [0.15, 0.2) is 0 Å². The van der Waals surface area contributed by atoms with E-state index >= 15 is 0 Å². The molecular weight excluding hydrogens is 885 g/mol. The van der Waals surface area contributed by atoms with Gasteiger partial charge in [-0.1, -0.05) is 54.6 Å². The van der Waals surface area contributed by atoms with Gasteiger partial charge in [0.05, 0.1) is 12.5 Å². The Morgan fingerprint density at radius 2 is 0.471 bits per heavy atom. The fourth-order valence-electron chi connectivity index (χ4n) is 8.98. The average molecular weight is 957 g/mol. The summed E-state index contributed by atoms with van der Waals surface area (Å²) in [6.07, 6.45) is 1.80. The molecular formula is C63H72O6S. The Labute approximate surface area is 423 Å². The molecule has 0 saturated heterocycles. The zero-order valence-corrected chi connectivity index (χ0v) is 44.5. The predicted molar refractivity (Wildman–Crippen MR) is 290 cm³/mol. The minimum Gasteiger partial charge on any atom is -0.489 e. The fourth-order valence-corrected chi connectivity index (χ4v) is 9.07. The van der Waals surface area contributed by atoms with Crippen LogP contribution in [0.5, 0.6) is 28.7 Å². The molecule has 7 rings (SSSR count). The highest BCUT2D eigenvalue weighted by atomic mass is 32.1. The highest BCUT2D eigenvalue weighted by molar-refractivity contribution is 7.80. The maximum absolute atomic E-state index is 6.61. The summed E-state index contributed by atoms with van der Waals surface area (Å²) >= 11 is 4.32. The van der Waals surface area contributed by atoms with Gasteiger partial charge in [-0.05, 0) is 244 Å². The maximum atomic E-state index is 6.61. The van der Waals surface area contributed by atoms with Crippen molar-refractivity contribution >= 4 is 12.6 Å². The molecule has 0 aromatic heterocycles. The third-order valence-electron chi connectivity index (χ3n) is 13.9. The molecule has 0 N–H and O–H groups in total. The number of hydrogen-bond donors (Lipinski definition) is 1. The lowest BCUT2D eigenvalue weighted by Crippen LogP contribution is -2.04. The van der Waals surface area contributed by atoms with E-state index in [1.165, 1.54) is 77.9 Å². The van der Waals surface area contributed by atoms with Gasteiger partial charge < -0.3 is 28.4 Å². The molecule has 7 aromatic carbocycles. The second-order valence-corrected chi connectivity index (χ2v) is 19.7. The normalized spacial score (nSPS) is 11.2. The summed E-state index contributed by atoms with van der Waals surface area (Å²) < 4.78 is 38.4. The van der Waals surface area contributed by atoms with Crippen molar-refractivity contribution in [3.05, 3.63) is 214 Å². The fraction of sp³-hybridized carbons (Fsp3) is 0.333. The Morgan fingerprint density at radius 1 is 0.257 bits per heavy atom. The molecule has 0 spiro atoms. The maximum Gasteiger partial charge on any atom is 0.123 e. The van der Waals surface area contributed by atoms with Crippen LogP contribution in [0.25, 0.3) is 0 Å². The third-order valence-corrected chi connectivity index (χ3v) is 14.1. The zero-order valence-electron chi connectivity index (χ0n) is 43.6. The molecule has 0 saturated carbocycles. The van der Waals surface area contributed by atoms with Gasteiger partial charge in [-0.3, -0.25) is 0 Å². The second-order valence-electron chi connectivity index (χ2n) is 19.4. The first-order chi connectivity index (χ1) is 33.5. The van der Waals surface area contributed by atoms with E-state index in [-0.39, 0.29) is 6.61 Å². The lowest BCUT2D eigenvalue weighted by atomic mass is 9.96. The molecule has 0 bridgehead atoms. The molecule has 0 radical (unpaired) electrons. The van der Waals surface area contributed by atoms with Crippen LogP contribution in [0.2, 0.25) is 0 Å². The molecule has 6 nitrogen and oxygen atoms in total. The van der Waals surface area contributed by atoms with Crippen molar-refractivity contribution in [3.8, 4) is 28.7 Å². The molecule has 0 fully saturated rings. The number of benzene rings is 7. The van der Waals surface area contributed by atoms with Crippen molar-refractivity contribution in [2.24, 2.45) is 0 Å². The predicted octanol–water partition coefficient (Wildman–Crippen LogP) is 15.5. The van der Waals surface area contributed by atoms with E-state index in [1.807, 2.05) is 36.4 Å². The molecule has 7 heteroatoms. The smallest absolute Gasteiger partial charge is 0.123 e. The topological polar surface area (TPSA) is 55.4 Å². The van der Waals surface area contributed by atoms with Crippen LogP contribution in [-0.2, 0) is 57.2 Å². The van der Waals surface area contributed by atoms with E-state index < -0.39 is 0 Å². The molecule has 0 atom stereocenters. The van der Waals surface area contributed by atoms with Crippen LogP contribution in [0, 0.1) is 83.1 Å². The number of thiol groups is 1. The van der Waals surface area contributed by atoms with Crippen LogP contribution >= 0.6 is 12.6 Å². The van der Waals surface area contributed by atoms with Gasteiger partial charge in [-0.2, -0.15) is 12.6 Å². The zero-order chi connectivity index (χ0) is 50.1. The average Bonchev–Trinajstić information content (AvgIpc) is 3.33. The Morgan fingerprint density at radius 3 is 0.771 bits per heavy atom. The Bertz CT molecular complexity index is 2520. The van der Waals surface area contributed by atoms with E-state index in [0.717, 1.165) is 52.0 Å². The van der Waals surface area contributed by atoms with Crippen molar-refractivity contribution in [2.45, 2.75) is 136 Å². The Balaban J connectivity index is 1.11. The number of hydrogen-bond acceptors (Lipinski definition) is 7. The van der Waals surface area contributed by atoms with Crippen molar-refractivity contribution in [1.82, 2.24) is 0 Å². The van der Waals surface area contributed by atoms with Crippen molar-refractivity contribution in [1.29, 1.82) is 0 Å². The van der Waals surface area contributed by atoms with E-state index in [9.17, 15) is 0 Å². The number of ether oxygens (including phenoxy) is 6. The van der Waals surface area contributed by atoms with Gasteiger partial charge in [0.2, 0.25) is 0 Å². The minimum atomic E-state index is 0.276. The second kappa shape index (κ2) is 23.6. The monoisotopic (exact) mass is 957 g/mol. The number of rotatable bonds is 21. The largest absolute Gasteiger partial charge is 0.489 e. The van der Waals surface area contributed by atoms with Crippen LogP contribution in [0.1, 0.15) is 111 Å². The van der Waals surface area contributed by atoms with Crippen molar-refractivity contribution in [2.75, 3.05) is 5.94 Å². The van der Waals surface area contributed by atoms with Gasteiger partial charge in [0.1, 0.15) is 61.8 Å². The summed E-state index contributed by atoms with van der Waals surface area (Å²) in [7, 11) is 0. The summed E-state index contributed by atoms with van der Waals surface area (Å²) in [5.41, 5.74) is 24.3. The Kier molecular flexibility index (Phi) is 17.5. The van der Waals surface area contributed by atoms with Crippen LogP contribution in [0.3, 0.4) is 0 Å². The van der Waals surface area contributed by atoms with E-state index in [2.05, 4.69) is 162 Å². The van der Waals surface area contributed by atoms with Crippen LogP contribution in [0.15, 0.2) is 103 Å². The summed E-state index contributed by atoms with van der Waals surface area (Å²) in [6.45, 7) is 28.3. The van der Waals surface area contributed by atoms with E-state index in [0.29, 0.717) is 62.0 Å². The van der Waals surface area contributed by atoms with Gasteiger partial charge in [0.25, 0.3) is 0 Å². The minimum absolute atomic E-state index is 0.276. The summed E-state index contributed by atoms with van der Waals surface area (Å²) in [5, 5.41) is 0. The summed E-state index contributed by atoms with van der Waals surface area (Å²) in [5.74, 6) is 3.87.